The standard InChI is InChI=1S/C26H30N6O3/c27-22(21-3-1-2-4-24(21)34)12-23(26(28)29)31-13-18-5-6-19(14-31)32(18)17-7-8-30-25(11-17)35-20-9-16(10-20)15-33/h1-4,7-8,11-12,15-16,18-20,27,34H,5-6,9-10,13-14H2,(H3,28,29)/b23-12+,27-22?. The summed E-state index contributed by atoms with van der Waals surface area (Å²) in [6.07, 6.45) is 7.91. The van der Waals surface area contributed by atoms with E-state index in [1.165, 1.54) is 0 Å². The minimum atomic E-state index is -0.0910. The van der Waals surface area contributed by atoms with Crippen molar-refractivity contribution in [2.75, 3.05) is 18.0 Å². The Morgan fingerprint density at radius 3 is 2.51 bits per heavy atom. The van der Waals surface area contributed by atoms with Crippen LogP contribution >= 0.6 is 0 Å². The second-order valence-electron chi connectivity index (χ2n) is 9.53. The Morgan fingerprint density at radius 2 is 1.86 bits per heavy atom. The first-order valence-electron chi connectivity index (χ1n) is 12.0. The molecule has 3 fully saturated rings. The number of ether oxygens (including phenoxy) is 1. The number of allylic oxidation sites excluding steroid dienone is 1. The molecular formula is C26H30N6O3. The molecule has 0 amide bonds. The number of nitrogens with one attached hydrogen (secondary N) is 2. The van der Waals surface area contributed by atoms with Crippen LogP contribution in [0.4, 0.5) is 5.69 Å². The Balaban J connectivity index is 1.31. The van der Waals surface area contributed by atoms with E-state index in [1.54, 1.807) is 36.5 Å². The largest absolute Gasteiger partial charge is 0.507 e. The summed E-state index contributed by atoms with van der Waals surface area (Å²) in [7, 11) is 0. The lowest BCUT2D eigenvalue weighted by Crippen LogP contribution is -2.54. The van der Waals surface area contributed by atoms with E-state index >= 15 is 0 Å². The molecule has 1 aliphatic carbocycles. The lowest BCUT2D eigenvalue weighted by Gasteiger charge is -2.44. The maximum atomic E-state index is 10.9. The number of phenolic OH excluding ortho intramolecular Hbond substituents is 1. The molecule has 2 saturated heterocycles. The van der Waals surface area contributed by atoms with Gasteiger partial charge >= 0.3 is 0 Å². The van der Waals surface area contributed by atoms with Crippen molar-refractivity contribution >= 4 is 23.5 Å². The van der Waals surface area contributed by atoms with Gasteiger partial charge in [0, 0.05) is 54.6 Å². The van der Waals surface area contributed by atoms with Crippen LogP contribution in [0.2, 0.25) is 0 Å². The predicted molar refractivity (Wildman–Crippen MR) is 133 cm³/mol. The second-order valence-corrected chi connectivity index (χ2v) is 9.53. The van der Waals surface area contributed by atoms with Gasteiger partial charge in [-0.2, -0.15) is 0 Å². The van der Waals surface area contributed by atoms with Crippen molar-refractivity contribution < 1.29 is 14.6 Å². The van der Waals surface area contributed by atoms with Crippen molar-refractivity contribution in [3.63, 3.8) is 0 Å². The number of likely N-dealkylation sites (tertiary alicyclic amines) is 1. The third kappa shape index (κ3) is 4.58. The zero-order valence-corrected chi connectivity index (χ0v) is 19.4. The number of carbonyl (C=O) groups excluding carboxylic acids is 1. The zero-order valence-electron chi connectivity index (χ0n) is 19.4. The number of pyridine rings is 1. The van der Waals surface area contributed by atoms with Gasteiger partial charge in [0.1, 0.15) is 24.0 Å². The molecule has 0 spiro atoms. The maximum absolute atomic E-state index is 10.9. The predicted octanol–water partition coefficient (Wildman–Crippen LogP) is 2.68. The highest BCUT2D eigenvalue weighted by Gasteiger charge is 2.41. The minimum Gasteiger partial charge on any atom is -0.507 e. The molecule has 182 valence electrons. The highest BCUT2D eigenvalue weighted by atomic mass is 16.5. The number of aromatic nitrogens is 1. The lowest BCUT2D eigenvalue weighted by molar-refractivity contribution is -0.116. The van der Waals surface area contributed by atoms with E-state index in [2.05, 4.69) is 14.8 Å². The number of piperazine rings is 1. The molecule has 0 radical (unpaired) electrons. The van der Waals surface area contributed by atoms with Crippen molar-refractivity contribution in [1.29, 1.82) is 10.8 Å². The van der Waals surface area contributed by atoms with Crippen LogP contribution in [-0.4, -0.2) is 64.1 Å². The van der Waals surface area contributed by atoms with Crippen LogP contribution in [0.3, 0.4) is 0 Å². The highest BCUT2D eigenvalue weighted by Crippen LogP contribution is 2.37. The number of hydrogen-bond acceptors (Lipinski definition) is 8. The van der Waals surface area contributed by atoms with E-state index < -0.39 is 0 Å². The average molecular weight is 475 g/mol. The summed E-state index contributed by atoms with van der Waals surface area (Å²) in [4.78, 5) is 19.7. The maximum Gasteiger partial charge on any atom is 0.215 e. The topological polar surface area (TPSA) is 140 Å². The Kier molecular flexibility index (Phi) is 6.15. The van der Waals surface area contributed by atoms with Gasteiger partial charge in [-0.15, -0.1) is 0 Å². The van der Waals surface area contributed by atoms with Crippen molar-refractivity contribution in [2.24, 2.45) is 11.7 Å². The molecule has 1 aromatic heterocycles. The summed E-state index contributed by atoms with van der Waals surface area (Å²) in [5.74, 6) is 0.620. The summed E-state index contributed by atoms with van der Waals surface area (Å²) in [6.45, 7) is 1.36. The Bertz CT molecular complexity index is 1160. The third-order valence-corrected chi connectivity index (χ3v) is 7.20. The van der Waals surface area contributed by atoms with Gasteiger partial charge in [0.05, 0.1) is 11.4 Å². The van der Waals surface area contributed by atoms with Gasteiger partial charge in [-0.1, -0.05) is 12.1 Å². The quantitative estimate of drug-likeness (QED) is 0.262. The van der Waals surface area contributed by atoms with Crippen LogP contribution in [0.5, 0.6) is 11.6 Å². The van der Waals surface area contributed by atoms with Crippen molar-refractivity contribution in [3.8, 4) is 11.6 Å². The fraction of sp³-hybridized carbons (Fsp3) is 0.385. The van der Waals surface area contributed by atoms with E-state index in [0.717, 1.165) is 37.7 Å². The number of nitrogens with zero attached hydrogens (tertiary/aromatic N) is 3. The first kappa shape index (κ1) is 22.9. The molecule has 9 nitrogen and oxygen atoms in total. The van der Waals surface area contributed by atoms with Crippen LogP contribution < -0.4 is 15.4 Å². The Labute approximate surface area is 204 Å². The van der Waals surface area contributed by atoms with Gasteiger partial charge in [-0.05, 0) is 50.0 Å². The van der Waals surface area contributed by atoms with Gasteiger partial charge in [-0.3, -0.25) is 5.41 Å². The summed E-state index contributed by atoms with van der Waals surface area (Å²) in [5.41, 5.74) is 8.03. The van der Waals surface area contributed by atoms with E-state index in [9.17, 15) is 9.90 Å². The summed E-state index contributed by atoms with van der Waals surface area (Å²) in [6, 6.07) is 11.1. The molecular weight excluding hydrogens is 444 g/mol. The minimum absolute atomic E-state index is 0.0285. The van der Waals surface area contributed by atoms with Gasteiger partial charge < -0.3 is 35.6 Å². The molecule has 1 saturated carbocycles. The summed E-state index contributed by atoms with van der Waals surface area (Å²) in [5, 5.41) is 26.7. The van der Waals surface area contributed by atoms with Crippen molar-refractivity contribution in [1.82, 2.24) is 9.88 Å². The van der Waals surface area contributed by atoms with Crippen LogP contribution in [-0.2, 0) is 4.79 Å². The van der Waals surface area contributed by atoms with E-state index in [0.29, 0.717) is 30.2 Å². The molecule has 5 rings (SSSR count). The number of fused-ring (bicyclic) bond motifs is 2. The van der Waals surface area contributed by atoms with Crippen LogP contribution in [0, 0.1) is 16.7 Å². The zero-order chi connectivity index (χ0) is 24.5. The third-order valence-electron chi connectivity index (χ3n) is 7.20. The SMILES string of the molecule is N=C(N)/C(=C\C(=N)c1ccccc1O)N1CC2CCC(C1)N2c1ccnc(OC2CC(C=O)C2)c1. The van der Waals surface area contributed by atoms with Crippen LogP contribution in [0.25, 0.3) is 0 Å². The lowest BCUT2D eigenvalue weighted by atomic mass is 9.83. The molecule has 9 heteroatoms. The van der Waals surface area contributed by atoms with Crippen LogP contribution in [0.1, 0.15) is 31.2 Å². The van der Waals surface area contributed by atoms with E-state index in [1.807, 2.05) is 12.1 Å². The number of anilines is 1. The summed E-state index contributed by atoms with van der Waals surface area (Å²) >= 11 is 0. The van der Waals surface area contributed by atoms with E-state index in [4.69, 9.17) is 21.3 Å². The smallest absolute Gasteiger partial charge is 0.215 e. The number of amidine groups is 1. The van der Waals surface area contributed by atoms with Gasteiger partial charge in [0.25, 0.3) is 0 Å². The van der Waals surface area contributed by atoms with Crippen LogP contribution in [0.15, 0.2) is 54.4 Å². The Morgan fingerprint density at radius 1 is 1.14 bits per heavy atom. The number of para-hydroxylation sites is 1. The monoisotopic (exact) mass is 474 g/mol. The Hall–Kier alpha value is -3.88. The number of benzene rings is 1. The molecule has 5 N–H and O–H groups in total. The van der Waals surface area contributed by atoms with E-state index in [-0.39, 0.29) is 41.4 Å². The summed E-state index contributed by atoms with van der Waals surface area (Å²) < 4.78 is 5.99. The molecule has 35 heavy (non-hydrogen) atoms. The molecule has 1 aromatic carbocycles. The first-order chi connectivity index (χ1) is 16.9. The number of aromatic hydroxyl groups is 1. The number of nitrogens with two attached hydrogens (primary N) is 1. The number of aldehydes is 1. The molecule has 3 aliphatic rings. The van der Waals surface area contributed by atoms with Gasteiger partial charge in [0.15, 0.2) is 0 Å². The highest BCUT2D eigenvalue weighted by molar-refractivity contribution is 6.12. The molecule has 2 aliphatic heterocycles. The van der Waals surface area contributed by atoms with Gasteiger partial charge in [0.2, 0.25) is 5.88 Å². The molecule has 2 atom stereocenters. The number of hydrogen-bond donors (Lipinski definition) is 4. The second kappa shape index (κ2) is 9.40. The normalized spacial score (nSPS) is 25.7. The number of rotatable bonds is 8. The van der Waals surface area contributed by atoms with Gasteiger partial charge in [-0.25, -0.2) is 4.98 Å². The molecule has 3 heterocycles. The first-order valence-corrected chi connectivity index (χ1v) is 12.0. The molecule has 2 bridgehead atoms. The molecule has 2 aromatic rings. The fourth-order valence-corrected chi connectivity index (χ4v) is 5.38. The van der Waals surface area contributed by atoms with Crippen molar-refractivity contribution in [3.05, 3.63) is 59.9 Å². The van der Waals surface area contributed by atoms with Crippen molar-refractivity contribution in [2.45, 2.75) is 43.9 Å². The fourth-order valence-electron chi connectivity index (χ4n) is 5.38. The average Bonchev–Trinajstić information content (AvgIpc) is 3.09. The number of carbonyl (C=O) groups is 1. The number of phenols is 1. The molecule has 2 unspecified atom stereocenters.